The third-order valence-electron chi connectivity index (χ3n) is 3.78. The van der Waals surface area contributed by atoms with Gasteiger partial charge in [-0.25, -0.2) is 4.79 Å². The van der Waals surface area contributed by atoms with Crippen LogP contribution in [0.3, 0.4) is 0 Å². The lowest BCUT2D eigenvalue weighted by Gasteiger charge is -2.28. The van der Waals surface area contributed by atoms with Crippen LogP contribution in [0.1, 0.15) is 45.1 Å². The highest BCUT2D eigenvalue weighted by molar-refractivity contribution is 9.10. The number of hydrogen-bond acceptors (Lipinski definition) is 4. The molecule has 1 aromatic carbocycles. The van der Waals surface area contributed by atoms with Gasteiger partial charge in [-0.1, -0.05) is 28.8 Å². The van der Waals surface area contributed by atoms with E-state index in [9.17, 15) is 4.79 Å². The van der Waals surface area contributed by atoms with Crippen molar-refractivity contribution in [2.45, 2.75) is 51.2 Å². The fourth-order valence-corrected chi connectivity index (χ4v) is 3.35. The number of methoxy groups -OCH3 is 1. The van der Waals surface area contributed by atoms with Gasteiger partial charge in [0.25, 0.3) is 0 Å². The van der Waals surface area contributed by atoms with Gasteiger partial charge < -0.3 is 9.47 Å². The molecule has 0 heterocycles. The first-order valence-corrected chi connectivity index (χ1v) is 7.95. The Morgan fingerprint density at radius 1 is 1.33 bits per heavy atom. The molecule has 0 unspecified atom stereocenters. The molecule has 4 nitrogen and oxygen atoms in total. The van der Waals surface area contributed by atoms with E-state index < -0.39 is 5.54 Å². The van der Waals surface area contributed by atoms with Crippen LogP contribution in [0.15, 0.2) is 21.6 Å². The van der Waals surface area contributed by atoms with Gasteiger partial charge in [-0.05, 0) is 38.8 Å². The monoisotopic (exact) mass is 353 g/mol. The standard InChI is InChI=1S/C16H20BrNO3/c1-11(2)21-15-13(8-12(17)9-14(15)20-3)16(18-10-19)6-4-5-7-16/h8-9,11H,4-7H2,1-3H3. The molecule has 0 N–H and O–H groups in total. The SMILES string of the molecule is COc1cc(Br)cc(C2(N=C=O)CCCC2)c1OC(C)C. The number of hydrogen-bond donors (Lipinski definition) is 0. The molecule has 0 amide bonds. The van der Waals surface area contributed by atoms with Gasteiger partial charge in [-0.2, -0.15) is 4.99 Å². The summed E-state index contributed by atoms with van der Waals surface area (Å²) in [6, 6.07) is 3.85. The lowest BCUT2D eigenvalue weighted by Crippen LogP contribution is -2.22. The minimum Gasteiger partial charge on any atom is -0.493 e. The predicted molar refractivity (Wildman–Crippen MR) is 84.7 cm³/mol. The Morgan fingerprint density at radius 3 is 2.52 bits per heavy atom. The first-order valence-electron chi connectivity index (χ1n) is 7.16. The molecule has 0 bridgehead atoms. The van der Waals surface area contributed by atoms with E-state index in [1.807, 2.05) is 26.0 Å². The van der Waals surface area contributed by atoms with E-state index >= 15 is 0 Å². The smallest absolute Gasteiger partial charge is 0.235 e. The van der Waals surface area contributed by atoms with Gasteiger partial charge in [-0.15, -0.1) is 0 Å². The molecule has 21 heavy (non-hydrogen) atoms. The number of isocyanates is 1. The highest BCUT2D eigenvalue weighted by Gasteiger charge is 2.39. The van der Waals surface area contributed by atoms with E-state index in [4.69, 9.17) is 9.47 Å². The van der Waals surface area contributed by atoms with Crippen LogP contribution in [0.2, 0.25) is 0 Å². The summed E-state index contributed by atoms with van der Waals surface area (Å²) in [6.45, 7) is 3.94. The number of carbonyl (C=O) groups excluding carboxylic acids is 1. The van der Waals surface area contributed by atoms with Gasteiger partial charge in [0, 0.05) is 10.0 Å². The Hall–Kier alpha value is -1.32. The van der Waals surface area contributed by atoms with E-state index in [0.29, 0.717) is 11.5 Å². The molecule has 0 radical (unpaired) electrons. The van der Waals surface area contributed by atoms with E-state index in [-0.39, 0.29) is 6.10 Å². The normalized spacial score (nSPS) is 16.6. The zero-order valence-electron chi connectivity index (χ0n) is 12.6. The van der Waals surface area contributed by atoms with Crippen LogP contribution in [0.25, 0.3) is 0 Å². The summed E-state index contributed by atoms with van der Waals surface area (Å²) in [5.41, 5.74) is 0.367. The Kier molecular flexibility index (Phi) is 5.07. The molecule has 1 aromatic rings. The van der Waals surface area contributed by atoms with Gasteiger partial charge in [0.15, 0.2) is 11.5 Å². The minimum atomic E-state index is -0.539. The quantitative estimate of drug-likeness (QED) is 0.583. The average Bonchev–Trinajstić information content (AvgIpc) is 2.89. The van der Waals surface area contributed by atoms with Crippen molar-refractivity contribution in [3.8, 4) is 11.5 Å². The summed E-state index contributed by atoms with van der Waals surface area (Å²) in [7, 11) is 1.61. The molecule has 1 fully saturated rings. The van der Waals surface area contributed by atoms with Crippen molar-refractivity contribution in [2.75, 3.05) is 7.11 Å². The van der Waals surface area contributed by atoms with Crippen molar-refractivity contribution in [1.29, 1.82) is 0 Å². The van der Waals surface area contributed by atoms with Gasteiger partial charge >= 0.3 is 0 Å². The van der Waals surface area contributed by atoms with Crippen LogP contribution in [-0.4, -0.2) is 19.3 Å². The summed E-state index contributed by atoms with van der Waals surface area (Å²) in [6.07, 6.45) is 5.51. The Balaban J connectivity index is 2.64. The molecule has 0 aliphatic heterocycles. The molecule has 1 aliphatic rings. The number of benzene rings is 1. The average molecular weight is 354 g/mol. The third kappa shape index (κ3) is 3.30. The maximum absolute atomic E-state index is 10.9. The maximum Gasteiger partial charge on any atom is 0.235 e. The van der Waals surface area contributed by atoms with Crippen molar-refractivity contribution < 1.29 is 14.3 Å². The summed E-state index contributed by atoms with van der Waals surface area (Å²) in [5, 5.41) is 0. The highest BCUT2D eigenvalue weighted by atomic mass is 79.9. The van der Waals surface area contributed by atoms with E-state index in [1.54, 1.807) is 13.2 Å². The summed E-state index contributed by atoms with van der Waals surface area (Å²) >= 11 is 3.50. The lowest BCUT2D eigenvalue weighted by atomic mass is 9.88. The predicted octanol–water partition coefficient (Wildman–Crippen LogP) is 4.35. The van der Waals surface area contributed by atoms with Gasteiger partial charge in [-0.3, -0.25) is 0 Å². The van der Waals surface area contributed by atoms with Crippen molar-refractivity contribution >= 4 is 22.0 Å². The van der Waals surface area contributed by atoms with Gasteiger partial charge in [0.05, 0.1) is 13.2 Å². The molecule has 5 heteroatoms. The molecule has 1 saturated carbocycles. The fraction of sp³-hybridized carbons (Fsp3) is 0.562. The molecule has 2 rings (SSSR count). The Bertz CT molecular complexity index is 559. The zero-order valence-corrected chi connectivity index (χ0v) is 14.2. The van der Waals surface area contributed by atoms with E-state index in [1.165, 1.54) is 0 Å². The summed E-state index contributed by atoms with van der Waals surface area (Å²) in [4.78, 5) is 15.1. The summed E-state index contributed by atoms with van der Waals surface area (Å²) < 4.78 is 12.3. The number of aliphatic imine (C=N–C) groups is 1. The molecule has 114 valence electrons. The number of rotatable bonds is 5. The first-order chi connectivity index (χ1) is 10.0. The van der Waals surface area contributed by atoms with Crippen molar-refractivity contribution in [3.63, 3.8) is 0 Å². The molecular weight excluding hydrogens is 334 g/mol. The second-order valence-corrected chi connectivity index (χ2v) is 6.51. The second kappa shape index (κ2) is 6.63. The second-order valence-electron chi connectivity index (χ2n) is 5.59. The molecular formula is C16H20BrNO3. The van der Waals surface area contributed by atoms with Crippen LogP contribution in [0.4, 0.5) is 0 Å². The minimum absolute atomic E-state index is 0.0116. The van der Waals surface area contributed by atoms with Crippen LogP contribution >= 0.6 is 15.9 Å². The third-order valence-corrected chi connectivity index (χ3v) is 4.24. The van der Waals surface area contributed by atoms with Crippen LogP contribution in [0.5, 0.6) is 11.5 Å². The van der Waals surface area contributed by atoms with Gasteiger partial charge in [0.2, 0.25) is 6.08 Å². The van der Waals surface area contributed by atoms with Crippen LogP contribution in [-0.2, 0) is 10.3 Å². The van der Waals surface area contributed by atoms with E-state index in [0.717, 1.165) is 35.7 Å². The first kappa shape index (κ1) is 16.1. The van der Waals surface area contributed by atoms with Crippen molar-refractivity contribution in [1.82, 2.24) is 0 Å². The molecule has 0 atom stereocenters. The van der Waals surface area contributed by atoms with Gasteiger partial charge in [0.1, 0.15) is 5.54 Å². The van der Waals surface area contributed by atoms with Crippen molar-refractivity contribution in [2.24, 2.45) is 4.99 Å². The van der Waals surface area contributed by atoms with Crippen molar-refractivity contribution in [3.05, 3.63) is 22.2 Å². The molecule has 0 saturated heterocycles. The highest BCUT2D eigenvalue weighted by Crippen LogP contribution is 2.49. The molecule has 0 spiro atoms. The Labute approximate surface area is 133 Å². The molecule has 1 aliphatic carbocycles. The number of nitrogens with zero attached hydrogens (tertiary/aromatic N) is 1. The fourth-order valence-electron chi connectivity index (χ4n) is 2.91. The lowest BCUT2D eigenvalue weighted by molar-refractivity contribution is 0.222. The molecule has 0 aromatic heterocycles. The summed E-state index contributed by atoms with van der Waals surface area (Å²) in [5.74, 6) is 1.33. The largest absolute Gasteiger partial charge is 0.493 e. The van der Waals surface area contributed by atoms with Crippen LogP contribution in [0, 0.1) is 0 Å². The van der Waals surface area contributed by atoms with E-state index in [2.05, 4.69) is 20.9 Å². The Morgan fingerprint density at radius 2 is 2.00 bits per heavy atom. The zero-order chi connectivity index (χ0) is 15.5. The number of halogens is 1. The maximum atomic E-state index is 10.9. The number of ether oxygens (including phenoxy) is 2. The topological polar surface area (TPSA) is 47.9 Å². The van der Waals surface area contributed by atoms with Crippen LogP contribution < -0.4 is 9.47 Å².